The second kappa shape index (κ2) is 7.40. The van der Waals surface area contributed by atoms with Gasteiger partial charge < -0.3 is 9.80 Å². The van der Waals surface area contributed by atoms with E-state index < -0.39 is 6.04 Å². The molecule has 132 valence electrons. The Kier molecular flexibility index (Phi) is 5.04. The Bertz CT molecular complexity index is 868. The number of aryl methyl sites for hydroxylation is 1. The lowest BCUT2D eigenvalue weighted by atomic mass is 10.0. The monoisotopic (exact) mass is 347 g/mol. The van der Waals surface area contributed by atoms with Crippen LogP contribution in [0.15, 0.2) is 48.5 Å². The van der Waals surface area contributed by atoms with Gasteiger partial charge in [-0.3, -0.25) is 9.59 Å². The summed E-state index contributed by atoms with van der Waals surface area (Å²) in [5.74, 6) is -0.336. The molecule has 2 amide bonds. The molecule has 2 aromatic rings. The van der Waals surface area contributed by atoms with E-state index in [9.17, 15) is 14.9 Å². The molecule has 1 atom stereocenters. The van der Waals surface area contributed by atoms with Crippen LogP contribution in [-0.2, 0) is 11.3 Å². The fraction of sp³-hybridized carbons (Fsp3) is 0.286. The van der Waals surface area contributed by atoms with Gasteiger partial charge in [0.05, 0.1) is 17.2 Å². The third kappa shape index (κ3) is 3.45. The Labute approximate surface area is 153 Å². The molecule has 26 heavy (non-hydrogen) atoms. The molecule has 1 aliphatic heterocycles. The summed E-state index contributed by atoms with van der Waals surface area (Å²) < 4.78 is 0. The van der Waals surface area contributed by atoms with E-state index in [1.54, 1.807) is 41.0 Å². The van der Waals surface area contributed by atoms with Crippen molar-refractivity contribution in [1.29, 1.82) is 5.26 Å². The van der Waals surface area contributed by atoms with Gasteiger partial charge in [0.25, 0.3) is 5.91 Å². The van der Waals surface area contributed by atoms with Crippen molar-refractivity contribution in [2.24, 2.45) is 0 Å². The van der Waals surface area contributed by atoms with Gasteiger partial charge in [-0.05, 0) is 31.5 Å². The summed E-state index contributed by atoms with van der Waals surface area (Å²) in [7, 11) is 0. The minimum atomic E-state index is -0.548. The van der Waals surface area contributed by atoms with Crippen molar-refractivity contribution in [2.75, 3.05) is 13.1 Å². The molecule has 0 bridgehead atoms. The van der Waals surface area contributed by atoms with Crippen molar-refractivity contribution in [2.45, 2.75) is 26.4 Å². The molecule has 1 saturated heterocycles. The minimum absolute atomic E-state index is 0.0698. The van der Waals surface area contributed by atoms with E-state index in [0.29, 0.717) is 30.8 Å². The van der Waals surface area contributed by atoms with Gasteiger partial charge in [-0.1, -0.05) is 42.0 Å². The van der Waals surface area contributed by atoms with E-state index in [-0.39, 0.29) is 11.8 Å². The van der Waals surface area contributed by atoms with Crippen LogP contribution in [0.25, 0.3) is 0 Å². The summed E-state index contributed by atoms with van der Waals surface area (Å²) in [6.45, 7) is 5.26. The molecule has 5 heteroatoms. The highest BCUT2D eigenvalue weighted by molar-refractivity contribution is 5.99. The molecule has 0 aromatic heterocycles. The van der Waals surface area contributed by atoms with Crippen molar-refractivity contribution in [1.82, 2.24) is 9.80 Å². The molecule has 1 fully saturated rings. The van der Waals surface area contributed by atoms with Crippen molar-refractivity contribution >= 4 is 11.8 Å². The molecule has 0 unspecified atom stereocenters. The topological polar surface area (TPSA) is 64.4 Å². The molecule has 1 aliphatic rings. The van der Waals surface area contributed by atoms with E-state index in [4.69, 9.17) is 0 Å². The summed E-state index contributed by atoms with van der Waals surface area (Å²) in [6, 6.07) is 16.3. The number of carbonyl (C=O) groups is 2. The molecular formula is C21H21N3O2. The maximum Gasteiger partial charge on any atom is 0.255 e. The maximum atomic E-state index is 12.8. The Morgan fingerprint density at radius 3 is 2.54 bits per heavy atom. The highest BCUT2D eigenvalue weighted by Gasteiger charge is 2.35. The first-order valence-electron chi connectivity index (χ1n) is 8.65. The molecule has 0 saturated carbocycles. The van der Waals surface area contributed by atoms with Gasteiger partial charge in [0.1, 0.15) is 6.04 Å². The Hall–Kier alpha value is -3.13. The van der Waals surface area contributed by atoms with Gasteiger partial charge in [-0.2, -0.15) is 5.26 Å². The predicted octanol–water partition coefficient (Wildman–Crippen LogP) is 2.74. The number of nitriles is 1. The van der Waals surface area contributed by atoms with Crippen LogP contribution in [0.5, 0.6) is 0 Å². The second-order valence-electron chi connectivity index (χ2n) is 6.58. The molecule has 0 radical (unpaired) electrons. The quantitative estimate of drug-likeness (QED) is 0.857. The molecule has 0 aliphatic carbocycles. The van der Waals surface area contributed by atoms with Gasteiger partial charge in [-0.15, -0.1) is 0 Å². The van der Waals surface area contributed by atoms with E-state index in [1.165, 1.54) is 5.56 Å². The zero-order valence-corrected chi connectivity index (χ0v) is 15.0. The Morgan fingerprint density at radius 1 is 1.15 bits per heavy atom. The lowest BCUT2D eigenvalue weighted by molar-refractivity contribution is -0.140. The fourth-order valence-corrected chi connectivity index (χ4v) is 3.20. The van der Waals surface area contributed by atoms with E-state index in [2.05, 4.69) is 0 Å². The average molecular weight is 347 g/mol. The summed E-state index contributed by atoms with van der Waals surface area (Å²) in [5, 5.41) is 9.21. The summed E-state index contributed by atoms with van der Waals surface area (Å²) in [6.07, 6.45) is 0. The van der Waals surface area contributed by atoms with Crippen LogP contribution in [0.2, 0.25) is 0 Å². The predicted molar refractivity (Wildman–Crippen MR) is 98.3 cm³/mol. The first-order chi connectivity index (χ1) is 12.5. The zero-order valence-electron chi connectivity index (χ0n) is 15.0. The van der Waals surface area contributed by atoms with E-state index in [1.807, 2.05) is 37.3 Å². The number of carbonyl (C=O) groups excluding carboxylic acids is 2. The van der Waals surface area contributed by atoms with Crippen LogP contribution in [0.4, 0.5) is 0 Å². The van der Waals surface area contributed by atoms with Crippen molar-refractivity contribution in [3.8, 4) is 6.07 Å². The van der Waals surface area contributed by atoms with Crippen LogP contribution in [-0.4, -0.2) is 40.7 Å². The third-order valence-electron chi connectivity index (χ3n) is 4.78. The van der Waals surface area contributed by atoms with Gasteiger partial charge in [0.15, 0.2) is 0 Å². The highest BCUT2D eigenvalue weighted by atomic mass is 16.2. The number of nitrogens with zero attached hydrogens (tertiary/aromatic N) is 3. The maximum absolute atomic E-state index is 12.8. The van der Waals surface area contributed by atoms with E-state index >= 15 is 0 Å². The first-order valence-corrected chi connectivity index (χ1v) is 8.65. The standard InChI is InChI=1S/C21H21N3O2/c1-15-7-9-17(10-8-15)14-23-11-12-24(16(2)20(23)25)21(26)19-6-4-3-5-18(19)13-22/h3-10,16H,11-12,14H2,1-2H3/t16-/m1/s1. The SMILES string of the molecule is Cc1ccc(CN2CCN(C(=O)c3ccccc3C#N)[C@H](C)C2=O)cc1. The number of hydrogen-bond acceptors (Lipinski definition) is 3. The van der Waals surface area contributed by atoms with Crippen LogP contribution < -0.4 is 0 Å². The van der Waals surface area contributed by atoms with Crippen LogP contribution in [0.3, 0.4) is 0 Å². The van der Waals surface area contributed by atoms with Crippen LogP contribution >= 0.6 is 0 Å². The second-order valence-corrected chi connectivity index (χ2v) is 6.58. The van der Waals surface area contributed by atoms with Gasteiger partial charge in [0.2, 0.25) is 5.91 Å². The lowest BCUT2D eigenvalue weighted by Crippen LogP contribution is -2.57. The van der Waals surface area contributed by atoms with Crippen molar-refractivity contribution in [3.05, 3.63) is 70.8 Å². The Morgan fingerprint density at radius 2 is 1.85 bits per heavy atom. The third-order valence-corrected chi connectivity index (χ3v) is 4.78. The van der Waals surface area contributed by atoms with Crippen LogP contribution in [0.1, 0.15) is 34.0 Å². The highest BCUT2D eigenvalue weighted by Crippen LogP contribution is 2.19. The lowest BCUT2D eigenvalue weighted by Gasteiger charge is -2.39. The zero-order chi connectivity index (χ0) is 18.7. The van der Waals surface area contributed by atoms with Crippen molar-refractivity contribution < 1.29 is 9.59 Å². The van der Waals surface area contributed by atoms with Crippen molar-refractivity contribution in [3.63, 3.8) is 0 Å². The normalized spacial score (nSPS) is 17.1. The van der Waals surface area contributed by atoms with Gasteiger partial charge >= 0.3 is 0 Å². The molecule has 0 spiro atoms. The Balaban J connectivity index is 1.74. The molecule has 5 nitrogen and oxygen atoms in total. The summed E-state index contributed by atoms with van der Waals surface area (Å²) >= 11 is 0. The largest absolute Gasteiger partial charge is 0.335 e. The summed E-state index contributed by atoms with van der Waals surface area (Å²) in [4.78, 5) is 29.0. The molecule has 0 N–H and O–H groups in total. The fourth-order valence-electron chi connectivity index (χ4n) is 3.20. The number of piperazine rings is 1. The average Bonchev–Trinajstić information content (AvgIpc) is 2.67. The number of rotatable bonds is 3. The molecule has 3 rings (SSSR count). The first kappa shape index (κ1) is 17.7. The van der Waals surface area contributed by atoms with E-state index in [0.717, 1.165) is 5.56 Å². The summed E-state index contributed by atoms with van der Waals surface area (Å²) in [5.41, 5.74) is 2.94. The smallest absolute Gasteiger partial charge is 0.255 e. The number of hydrogen-bond donors (Lipinski definition) is 0. The van der Waals surface area contributed by atoms with Gasteiger partial charge in [-0.25, -0.2) is 0 Å². The molecule has 1 heterocycles. The number of benzene rings is 2. The molecule has 2 aromatic carbocycles. The molecular weight excluding hydrogens is 326 g/mol. The van der Waals surface area contributed by atoms with Gasteiger partial charge in [0, 0.05) is 19.6 Å². The van der Waals surface area contributed by atoms with Crippen LogP contribution in [0, 0.1) is 18.3 Å². The number of amides is 2. The minimum Gasteiger partial charge on any atom is -0.335 e.